The summed E-state index contributed by atoms with van der Waals surface area (Å²) >= 11 is 18.4. The molecule has 21 heavy (non-hydrogen) atoms. The maximum atomic E-state index is 6.41. The zero-order chi connectivity index (χ0) is 15.0. The number of aromatic nitrogens is 2. The van der Waals surface area contributed by atoms with Crippen LogP contribution in [0.15, 0.2) is 48.5 Å². The summed E-state index contributed by atoms with van der Waals surface area (Å²) in [7, 11) is 0. The second kappa shape index (κ2) is 5.72. The van der Waals surface area contributed by atoms with Crippen molar-refractivity contribution in [1.82, 2.24) is 9.78 Å². The Morgan fingerprint density at radius 2 is 1.62 bits per heavy atom. The summed E-state index contributed by atoms with van der Waals surface area (Å²) in [4.78, 5) is 0. The van der Waals surface area contributed by atoms with Gasteiger partial charge in [-0.05, 0) is 25.1 Å². The number of hydrogen-bond donors (Lipinski definition) is 0. The van der Waals surface area contributed by atoms with Crippen LogP contribution in [0.4, 0.5) is 0 Å². The molecule has 0 atom stereocenters. The molecule has 1 aromatic heterocycles. The Morgan fingerprint density at radius 3 is 2.29 bits per heavy atom. The topological polar surface area (TPSA) is 17.8 Å². The van der Waals surface area contributed by atoms with Crippen LogP contribution in [0.1, 0.15) is 5.56 Å². The van der Waals surface area contributed by atoms with E-state index in [0.29, 0.717) is 15.2 Å². The van der Waals surface area contributed by atoms with Gasteiger partial charge in [0.15, 0.2) is 0 Å². The Hall–Kier alpha value is -1.48. The first kappa shape index (κ1) is 14.5. The predicted molar refractivity (Wildman–Crippen MR) is 88.8 cm³/mol. The van der Waals surface area contributed by atoms with E-state index in [1.54, 1.807) is 16.8 Å². The molecule has 0 saturated heterocycles. The molecule has 0 aliphatic rings. The highest BCUT2D eigenvalue weighted by molar-refractivity contribution is 6.42. The fraction of sp³-hybridized carbons (Fsp3) is 0.0625. The minimum Gasteiger partial charge on any atom is -0.221 e. The second-order valence-corrected chi connectivity index (χ2v) is 5.81. The van der Waals surface area contributed by atoms with Crippen LogP contribution >= 0.6 is 34.8 Å². The Bertz CT molecular complexity index is 795. The molecule has 3 aromatic rings. The molecule has 0 fully saturated rings. The predicted octanol–water partition coefficient (Wildman–Crippen LogP) is 5.81. The van der Waals surface area contributed by atoms with E-state index < -0.39 is 0 Å². The van der Waals surface area contributed by atoms with Crippen molar-refractivity contribution >= 4 is 34.8 Å². The van der Waals surface area contributed by atoms with Crippen LogP contribution in [0, 0.1) is 6.92 Å². The first-order chi connectivity index (χ1) is 10.1. The van der Waals surface area contributed by atoms with Gasteiger partial charge in [-0.2, -0.15) is 5.10 Å². The van der Waals surface area contributed by atoms with E-state index in [1.165, 1.54) is 0 Å². The van der Waals surface area contributed by atoms with Gasteiger partial charge in [-0.1, -0.05) is 65.1 Å². The highest BCUT2D eigenvalue weighted by atomic mass is 35.5. The molecule has 2 nitrogen and oxygen atoms in total. The molecule has 1 heterocycles. The average Bonchev–Trinajstić information content (AvgIpc) is 2.79. The molecule has 106 valence electrons. The number of halogens is 3. The first-order valence-electron chi connectivity index (χ1n) is 6.34. The summed E-state index contributed by atoms with van der Waals surface area (Å²) < 4.78 is 1.67. The number of rotatable bonds is 2. The third kappa shape index (κ3) is 2.67. The summed E-state index contributed by atoms with van der Waals surface area (Å²) in [6, 6.07) is 15.2. The van der Waals surface area contributed by atoms with E-state index in [4.69, 9.17) is 34.8 Å². The Labute approximate surface area is 137 Å². The Kier molecular flexibility index (Phi) is 3.94. The lowest BCUT2D eigenvalue weighted by Gasteiger charge is -2.04. The molecular weight excluding hydrogens is 327 g/mol. The third-order valence-corrected chi connectivity index (χ3v) is 4.43. The normalized spacial score (nSPS) is 10.9. The summed E-state index contributed by atoms with van der Waals surface area (Å²) in [5.41, 5.74) is 3.58. The molecule has 0 radical (unpaired) electrons. The summed E-state index contributed by atoms with van der Waals surface area (Å²) in [5, 5.41) is 6.14. The molecule has 0 bridgehead atoms. The van der Waals surface area contributed by atoms with Crippen molar-refractivity contribution in [2.45, 2.75) is 6.92 Å². The van der Waals surface area contributed by atoms with Gasteiger partial charge in [-0.3, -0.25) is 0 Å². The third-order valence-electron chi connectivity index (χ3n) is 3.25. The standard InChI is InChI=1S/C16H11Cl3N2/c1-10-15(11-5-3-2-4-6-11)20-21(16(10)19)12-7-8-13(17)14(18)9-12/h2-9H,1H3. The van der Waals surface area contributed by atoms with Crippen LogP contribution in [-0.2, 0) is 0 Å². The molecule has 0 unspecified atom stereocenters. The van der Waals surface area contributed by atoms with Gasteiger partial charge in [0.1, 0.15) is 5.15 Å². The number of benzene rings is 2. The monoisotopic (exact) mass is 336 g/mol. The largest absolute Gasteiger partial charge is 0.221 e. The van der Waals surface area contributed by atoms with Gasteiger partial charge in [-0.15, -0.1) is 0 Å². The van der Waals surface area contributed by atoms with Gasteiger partial charge in [-0.25, -0.2) is 4.68 Å². The summed E-state index contributed by atoms with van der Waals surface area (Å²) in [5.74, 6) is 0. The molecule has 0 aliphatic carbocycles. The van der Waals surface area contributed by atoms with Gasteiger partial charge in [0.2, 0.25) is 0 Å². The van der Waals surface area contributed by atoms with Gasteiger partial charge in [0.05, 0.1) is 21.4 Å². The van der Waals surface area contributed by atoms with Crippen molar-refractivity contribution in [1.29, 1.82) is 0 Å². The zero-order valence-corrected chi connectivity index (χ0v) is 13.4. The molecule has 0 saturated carbocycles. The van der Waals surface area contributed by atoms with Crippen LogP contribution in [0.2, 0.25) is 15.2 Å². The summed E-state index contributed by atoms with van der Waals surface area (Å²) in [6.45, 7) is 1.95. The van der Waals surface area contributed by atoms with E-state index in [-0.39, 0.29) is 0 Å². The smallest absolute Gasteiger partial charge is 0.136 e. The van der Waals surface area contributed by atoms with Crippen LogP contribution in [0.3, 0.4) is 0 Å². The molecule has 3 rings (SSSR count). The molecule has 0 spiro atoms. The van der Waals surface area contributed by atoms with Gasteiger partial charge >= 0.3 is 0 Å². The van der Waals surface area contributed by atoms with E-state index in [1.807, 2.05) is 43.3 Å². The van der Waals surface area contributed by atoms with Crippen molar-refractivity contribution < 1.29 is 0 Å². The highest BCUT2D eigenvalue weighted by Crippen LogP contribution is 2.31. The van der Waals surface area contributed by atoms with E-state index in [2.05, 4.69) is 5.10 Å². The van der Waals surface area contributed by atoms with Crippen LogP contribution in [0.25, 0.3) is 16.9 Å². The lowest BCUT2D eigenvalue weighted by atomic mass is 10.1. The van der Waals surface area contributed by atoms with E-state index in [9.17, 15) is 0 Å². The summed E-state index contributed by atoms with van der Waals surface area (Å²) in [6.07, 6.45) is 0. The second-order valence-electron chi connectivity index (χ2n) is 4.64. The van der Waals surface area contributed by atoms with Crippen LogP contribution in [-0.4, -0.2) is 9.78 Å². The fourth-order valence-electron chi connectivity index (χ4n) is 2.13. The maximum Gasteiger partial charge on any atom is 0.136 e. The Morgan fingerprint density at radius 1 is 0.905 bits per heavy atom. The average molecular weight is 338 g/mol. The first-order valence-corrected chi connectivity index (χ1v) is 7.47. The molecule has 0 amide bonds. The van der Waals surface area contributed by atoms with Crippen LogP contribution < -0.4 is 0 Å². The number of hydrogen-bond acceptors (Lipinski definition) is 1. The molecule has 2 aromatic carbocycles. The van der Waals surface area contributed by atoms with Crippen LogP contribution in [0.5, 0.6) is 0 Å². The fourth-order valence-corrected chi connectivity index (χ4v) is 2.65. The van der Waals surface area contributed by atoms with Crippen molar-refractivity contribution in [2.75, 3.05) is 0 Å². The lowest BCUT2D eigenvalue weighted by Crippen LogP contribution is -1.96. The molecule has 0 N–H and O–H groups in total. The van der Waals surface area contributed by atoms with Crippen molar-refractivity contribution in [3.05, 3.63) is 69.3 Å². The van der Waals surface area contributed by atoms with E-state index in [0.717, 1.165) is 22.5 Å². The highest BCUT2D eigenvalue weighted by Gasteiger charge is 2.15. The molecular formula is C16H11Cl3N2. The minimum absolute atomic E-state index is 0.472. The quantitative estimate of drug-likeness (QED) is 0.577. The van der Waals surface area contributed by atoms with Crippen molar-refractivity contribution in [3.8, 4) is 16.9 Å². The molecule has 5 heteroatoms. The van der Waals surface area contributed by atoms with Crippen molar-refractivity contribution in [3.63, 3.8) is 0 Å². The number of nitrogens with zero attached hydrogens (tertiary/aromatic N) is 2. The zero-order valence-electron chi connectivity index (χ0n) is 11.1. The van der Waals surface area contributed by atoms with Gasteiger partial charge < -0.3 is 0 Å². The minimum atomic E-state index is 0.472. The van der Waals surface area contributed by atoms with Crippen molar-refractivity contribution in [2.24, 2.45) is 0 Å². The lowest BCUT2D eigenvalue weighted by molar-refractivity contribution is 0.885. The maximum absolute atomic E-state index is 6.41. The van der Waals surface area contributed by atoms with E-state index >= 15 is 0 Å². The van der Waals surface area contributed by atoms with Gasteiger partial charge in [0.25, 0.3) is 0 Å². The molecule has 0 aliphatic heterocycles. The van der Waals surface area contributed by atoms with Gasteiger partial charge in [0, 0.05) is 11.1 Å². The SMILES string of the molecule is Cc1c(-c2ccccc2)nn(-c2ccc(Cl)c(Cl)c2)c1Cl. The Balaban J connectivity index is 2.15.